The minimum atomic E-state index is -1.03. The van der Waals surface area contributed by atoms with E-state index in [4.69, 9.17) is 5.11 Å². The lowest BCUT2D eigenvalue weighted by molar-refractivity contribution is -0.137. The minimum absolute atomic E-state index is 0.0251. The number of amides is 2. The Morgan fingerprint density at radius 3 is 2.35 bits per heavy atom. The van der Waals surface area contributed by atoms with Crippen LogP contribution in [0.4, 0.5) is 0 Å². The molecule has 0 radical (unpaired) electrons. The van der Waals surface area contributed by atoms with Gasteiger partial charge in [0.15, 0.2) is 0 Å². The monoisotopic (exact) mass is 284 g/mol. The molecule has 3 N–H and O–H groups in total. The van der Waals surface area contributed by atoms with Gasteiger partial charge in [-0.15, -0.1) is 0 Å². The molecule has 1 aliphatic rings. The quantitative estimate of drug-likeness (QED) is 0.544. The van der Waals surface area contributed by atoms with Crippen molar-refractivity contribution in [3.05, 3.63) is 0 Å². The maximum absolute atomic E-state index is 11.8. The Morgan fingerprint density at radius 1 is 1.20 bits per heavy atom. The zero-order valence-corrected chi connectivity index (χ0v) is 11.5. The van der Waals surface area contributed by atoms with E-state index in [-0.39, 0.29) is 37.5 Å². The van der Waals surface area contributed by atoms with Gasteiger partial charge in [0.05, 0.1) is 0 Å². The van der Waals surface area contributed by atoms with Crippen LogP contribution < -0.4 is 10.6 Å². The maximum Gasteiger partial charge on any atom is 0.303 e. The summed E-state index contributed by atoms with van der Waals surface area (Å²) in [5.74, 6) is -1.58. The summed E-state index contributed by atoms with van der Waals surface area (Å²) in [6, 6.07) is -0.875. The van der Waals surface area contributed by atoms with Gasteiger partial charge in [0.2, 0.25) is 11.8 Å². The number of hydrogen-bond acceptors (Lipinski definition) is 4. The van der Waals surface area contributed by atoms with E-state index >= 15 is 0 Å². The average Bonchev–Trinajstić information content (AvgIpc) is 3.17. The van der Waals surface area contributed by atoms with Crippen LogP contribution in [0.3, 0.4) is 0 Å². The Hall–Kier alpha value is -1.92. The van der Waals surface area contributed by atoms with Crippen LogP contribution in [0.15, 0.2) is 0 Å². The second-order valence-electron chi connectivity index (χ2n) is 4.97. The Labute approximate surface area is 117 Å². The van der Waals surface area contributed by atoms with Gasteiger partial charge in [-0.1, -0.05) is 0 Å². The summed E-state index contributed by atoms with van der Waals surface area (Å²) in [6.45, 7) is 1.48. The molecule has 0 aliphatic heterocycles. The van der Waals surface area contributed by atoms with Crippen LogP contribution in [-0.4, -0.2) is 41.3 Å². The topological polar surface area (TPSA) is 113 Å². The molecule has 7 nitrogen and oxygen atoms in total. The zero-order valence-electron chi connectivity index (χ0n) is 11.5. The Morgan fingerprint density at radius 2 is 1.85 bits per heavy atom. The number of rotatable bonds is 9. The Balaban J connectivity index is 2.34. The van der Waals surface area contributed by atoms with Gasteiger partial charge in [-0.2, -0.15) is 0 Å². The van der Waals surface area contributed by atoms with Crippen molar-refractivity contribution in [1.82, 2.24) is 10.6 Å². The number of Topliss-reactive ketones (excluding diaryl/α,β-unsaturated/α-hetero) is 1. The normalized spacial score (nSPS) is 15.2. The molecule has 7 heteroatoms. The lowest BCUT2D eigenvalue weighted by Gasteiger charge is -2.16. The smallest absolute Gasteiger partial charge is 0.303 e. The van der Waals surface area contributed by atoms with E-state index in [0.717, 1.165) is 12.8 Å². The number of carboxylic acid groups (broad SMARTS) is 1. The van der Waals surface area contributed by atoms with Crippen molar-refractivity contribution in [3.8, 4) is 0 Å². The predicted molar refractivity (Wildman–Crippen MR) is 69.8 cm³/mol. The van der Waals surface area contributed by atoms with Gasteiger partial charge in [-0.3, -0.25) is 19.2 Å². The average molecular weight is 284 g/mol. The molecule has 0 saturated heterocycles. The summed E-state index contributed by atoms with van der Waals surface area (Å²) in [5.41, 5.74) is 0. The molecule has 0 aromatic heterocycles. The van der Waals surface area contributed by atoms with Gasteiger partial charge in [0.25, 0.3) is 0 Å². The van der Waals surface area contributed by atoms with Crippen molar-refractivity contribution in [2.24, 2.45) is 5.92 Å². The second-order valence-corrected chi connectivity index (χ2v) is 4.97. The highest BCUT2D eigenvalue weighted by molar-refractivity contribution is 5.88. The summed E-state index contributed by atoms with van der Waals surface area (Å²) in [7, 11) is 0. The van der Waals surface area contributed by atoms with E-state index in [9.17, 15) is 19.2 Å². The second kappa shape index (κ2) is 7.62. The van der Waals surface area contributed by atoms with Gasteiger partial charge in [0.1, 0.15) is 11.8 Å². The third-order valence-corrected chi connectivity index (χ3v) is 3.04. The van der Waals surface area contributed by atoms with Gasteiger partial charge < -0.3 is 15.7 Å². The Bertz CT molecular complexity index is 404. The maximum atomic E-state index is 11.8. The van der Waals surface area contributed by atoms with E-state index in [1.54, 1.807) is 0 Å². The minimum Gasteiger partial charge on any atom is -0.481 e. The molecular weight excluding hydrogens is 264 g/mol. The predicted octanol–water partition coefficient (Wildman–Crippen LogP) is -0.159. The molecule has 2 amide bonds. The summed E-state index contributed by atoms with van der Waals surface area (Å²) < 4.78 is 0. The molecule has 0 heterocycles. The molecule has 20 heavy (non-hydrogen) atoms. The number of hydrogen-bond donors (Lipinski definition) is 3. The molecule has 1 aliphatic carbocycles. The lowest BCUT2D eigenvalue weighted by atomic mass is 10.1. The van der Waals surface area contributed by atoms with Crippen molar-refractivity contribution in [3.63, 3.8) is 0 Å². The highest BCUT2D eigenvalue weighted by Crippen LogP contribution is 2.30. The van der Waals surface area contributed by atoms with Crippen LogP contribution in [0, 0.1) is 5.92 Å². The number of carbonyl (C=O) groups excluding carboxylic acids is 3. The number of carboxylic acids is 1. The van der Waals surface area contributed by atoms with Gasteiger partial charge in [-0.25, -0.2) is 0 Å². The van der Waals surface area contributed by atoms with Crippen LogP contribution >= 0.6 is 0 Å². The van der Waals surface area contributed by atoms with E-state index in [2.05, 4.69) is 10.6 Å². The third-order valence-electron chi connectivity index (χ3n) is 3.04. The Kier molecular flexibility index (Phi) is 6.14. The first kappa shape index (κ1) is 16.1. The van der Waals surface area contributed by atoms with Crippen molar-refractivity contribution in [2.75, 3.05) is 6.54 Å². The fraction of sp³-hybridized carbons (Fsp3) is 0.692. The van der Waals surface area contributed by atoms with E-state index < -0.39 is 23.8 Å². The molecule has 0 spiro atoms. The van der Waals surface area contributed by atoms with Crippen molar-refractivity contribution in [1.29, 1.82) is 0 Å². The van der Waals surface area contributed by atoms with Crippen LogP contribution in [-0.2, 0) is 19.2 Å². The first-order chi connectivity index (χ1) is 9.40. The highest BCUT2D eigenvalue weighted by Gasteiger charge is 2.29. The first-order valence-corrected chi connectivity index (χ1v) is 6.69. The molecule has 112 valence electrons. The summed E-state index contributed by atoms with van der Waals surface area (Å²) in [5, 5.41) is 13.6. The van der Waals surface area contributed by atoms with Crippen LogP contribution in [0.25, 0.3) is 0 Å². The van der Waals surface area contributed by atoms with Crippen LogP contribution in [0.1, 0.15) is 39.0 Å². The van der Waals surface area contributed by atoms with Crippen molar-refractivity contribution >= 4 is 23.6 Å². The van der Waals surface area contributed by atoms with Gasteiger partial charge in [0, 0.05) is 32.2 Å². The van der Waals surface area contributed by atoms with E-state index in [1.807, 2.05) is 0 Å². The summed E-state index contributed by atoms with van der Waals surface area (Å²) in [4.78, 5) is 44.8. The van der Waals surface area contributed by atoms with Gasteiger partial charge in [-0.05, 0) is 19.3 Å². The molecular formula is C13H20N2O5. The van der Waals surface area contributed by atoms with Crippen LogP contribution in [0.5, 0.6) is 0 Å². The fourth-order valence-electron chi connectivity index (χ4n) is 1.82. The van der Waals surface area contributed by atoms with Crippen molar-refractivity contribution < 1.29 is 24.3 Å². The van der Waals surface area contributed by atoms with Gasteiger partial charge >= 0.3 is 5.97 Å². The summed E-state index contributed by atoms with van der Waals surface area (Å²) >= 11 is 0. The molecule has 1 saturated carbocycles. The molecule has 0 aromatic rings. The molecule has 0 aromatic carbocycles. The molecule has 1 fully saturated rings. The van der Waals surface area contributed by atoms with Crippen LogP contribution in [0.2, 0.25) is 0 Å². The standard InChI is InChI=1S/C13H20N2O5/c1-8(16)15-10(4-5-12(18)19)13(20)14-7-6-11(17)9-2-3-9/h9-10H,2-7H2,1H3,(H,14,20)(H,15,16)(H,18,19). The third kappa shape index (κ3) is 6.31. The van der Waals surface area contributed by atoms with E-state index in [0.29, 0.717) is 0 Å². The molecule has 1 rings (SSSR count). The highest BCUT2D eigenvalue weighted by atomic mass is 16.4. The molecule has 1 unspecified atom stereocenters. The zero-order chi connectivity index (χ0) is 15.1. The van der Waals surface area contributed by atoms with E-state index in [1.165, 1.54) is 6.92 Å². The summed E-state index contributed by atoms with van der Waals surface area (Å²) in [6.07, 6.45) is 1.96. The fourth-order valence-corrected chi connectivity index (χ4v) is 1.82. The SMILES string of the molecule is CC(=O)NC(CCC(=O)O)C(=O)NCCC(=O)C1CC1. The largest absolute Gasteiger partial charge is 0.481 e. The molecule has 0 bridgehead atoms. The first-order valence-electron chi connectivity index (χ1n) is 6.69. The lowest BCUT2D eigenvalue weighted by Crippen LogP contribution is -2.46. The number of aliphatic carboxylic acids is 1. The number of nitrogens with one attached hydrogen (secondary N) is 2. The molecule has 1 atom stereocenters. The van der Waals surface area contributed by atoms with Crippen molar-refractivity contribution in [2.45, 2.75) is 45.1 Å². The number of ketones is 1. The number of carbonyl (C=O) groups is 4.